The van der Waals surface area contributed by atoms with Crippen molar-refractivity contribution in [2.75, 3.05) is 0 Å². The maximum Gasteiger partial charge on any atom is 0.342 e. The fourth-order valence-corrected chi connectivity index (χ4v) is 0.338. The first kappa shape index (κ1) is 14.4. The maximum absolute atomic E-state index is 9.92. The van der Waals surface area contributed by atoms with Gasteiger partial charge in [-0.25, -0.2) is 14.4 Å². The number of allylic oxidation sites excluding steroid dienone is 1. The van der Waals surface area contributed by atoms with Gasteiger partial charge in [-0.2, -0.15) is 0 Å². The van der Waals surface area contributed by atoms with E-state index in [0.717, 1.165) is 12.2 Å². The lowest BCUT2D eigenvalue weighted by Gasteiger charge is -1.89. The smallest absolute Gasteiger partial charge is 0.342 e. The second-order valence-corrected chi connectivity index (χ2v) is 1.86. The van der Waals surface area contributed by atoms with Crippen molar-refractivity contribution in [1.82, 2.24) is 0 Å². The molecular formula is C8H10O6. The van der Waals surface area contributed by atoms with Crippen LogP contribution in [0, 0.1) is 0 Å². The van der Waals surface area contributed by atoms with E-state index in [2.05, 4.69) is 6.58 Å². The lowest BCUT2D eigenvalue weighted by molar-refractivity contribution is -0.140. The molecule has 0 spiro atoms. The van der Waals surface area contributed by atoms with Crippen LogP contribution in [0.3, 0.4) is 0 Å². The number of carbonyl (C=O) groups is 3. The average Bonchev–Trinajstić information content (AvgIpc) is 2.05. The van der Waals surface area contributed by atoms with Crippen molar-refractivity contribution < 1.29 is 29.7 Å². The minimum atomic E-state index is -1.41. The Bertz CT molecular complexity index is 260. The molecule has 0 aromatic rings. The van der Waals surface area contributed by atoms with Crippen LogP contribution in [0.25, 0.3) is 0 Å². The Balaban J connectivity index is 0. The molecule has 0 bridgehead atoms. The van der Waals surface area contributed by atoms with Gasteiger partial charge < -0.3 is 15.3 Å². The van der Waals surface area contributed by atoms with Gasteiger partial charge in [0.05, 0.1) is 0 Å². The third-order valence-electron chi connectivity index (χ3n) is 0.924. The first-order valence-corrected chi connectivity index (χ1v) is 3.35. The second kappa shape index (κ2) is 7.53. The van der Waals surface area contributed by atoms with Gasteiger partial charge in [-0.15, -0.1) is 0 Å². The van der Waals surface area contributed by atoms with Crippen LogP contribution in [-0.4, -0.2) is 33.2 Å². The van der Waals surface area contributed by atoms with Crippen molar-refractivity contribution in [2.45, 2.75) is 6.92 Å². The zero-order chi connectivity index (χ0) is 11.7. The molecule has 0 aromatic carbocycles. The van der Waals surface area contributed by atoms with Gasteiger partial charge in [0.25, 0.3) is 0 Å². The number of carboxylic acids is 3. The topological polar surface area (TPSA) is 112 Å². The van der Waals surface area contributed by atoms with E-state index in [1.165, 1.54) is 6.92 Å². The maximum atomic E-state index is 9.92. The predicted molar refractivity (Wildman–Crippen MR) is 46.9 cm³/mol. The van der Waals surface area contributed by atoms with Crippen molar-refractivity contribution >= 4 is 17.9 Å². The van der Waals surface area contributed by atoms with E-state index in [1.807, 2.05) is 0 Å². The Morgan fingerprint density at radius 3 is 1.36 bits per heavy atom. The highest BCUT2D eigenvalue weighted by atomic mass is 16.4. The molecule has 0 radical (unpaired) electrons. The van der Waals surface area contributed by atoms with Crippen molar-refractivity contribution in [2.24, 2.45) is 0 Å². The summed E-state index contributed by atoms with van der Waals surface area (Å²) in [4.78, 5) is 29.1. The minimum absolute atomic E-state index is 0.602. The Kier molecular flexibility index (Phi) is 7.76. The number of hydrogen-bond donors (Lipinski definition) is 3. The average molecular weight is 202 g/mol. The monoisotopic (exact) mass is 202 g/mol. The minimum Gasteiger partial charge on any atom is -0.478 e. The Morgan fingerprint density at radius 2 is 1.36 bits per heavy atom. The lowest BCUT2D eigenvalue weighted by Crippen LogP contribution is -2.10. The third-order valence-corrected chi connectivity index (χ3v) is 0.924. The van der Waals surface area contributed by atoms with E-state index >= 15 is 0 Å². The summed E-state index contributed by atoms with van der Waals surface area (Å²) in [5.74, 6) is -3.81. The Hall–Kier alpha value is -2.11. The molecule has 0 aromatic heterocycles. The van der Waals surface area contributed by atoms with Crippen molar-refractivity contribution in [3.63, 3.8) is 0 Å². The van der Waals surface area contributed by atoms with E-state index in [4.69, 9.17) is 15.3 Å². The molecule has 6 heteroatoms. The molecule has 0 saturated heterocycles. The summed E-state index contributed by atoms with van der Waals surface area (Å²) in [7, 11) is 0. The SMILES string of the molecule is C=CC(=O)O.CC=C(C(=O)O)C(=O)O. The van der Waals surface area contributed by atoms with Crippen molar-refractivity contribution in [3.05, 3.63) is 24.3 Å². The highest BCUT2D eigenvalue weighted by Crippen LogP contribution is 1.92. The van der Waals surface area contributed by atoms with Gasteiger partial charge >= 0.3 is 17.9 Å². The molecule has 0 amide bonds. The van der Waals surface area contributed by atoms with Crippen molar-refractivity contribution in [3.8, 4) is 0 Å². The zero-order valence-corrected chi connectivity index (χ0v) is 7.43. The van der Waals surface area contributed by atoms with Gasteiger partial charge in [0.15, 0.2) is 0 Å². The van der Waals surface area contributed by atoms with Gasteiger partial charge in [0, 0.05) is 6.08 Å². The molecule has 0 atom stereocenters. The van der Waals surface area contributed by atoms with Crippen LogP contribution in [0.5, 0.6) is 0 Å². The molecule has 0 saturated carbocycles. The van der Waals surface area contributed by atoms with Crippen LogP contribution >= 0.6 is 0 Å². The Morgan fingerprint density at radius 1 is 1.07 bits per heavy atom. The molecule has 78 valence electrons. The zero-order valence-electron chi connectivity index (χ0n) is 7.43. The quantitative estimate of drug-likeness (QED) is 0.346. The van der Waals surface area contributed by atoms with E-state index in [0.29, 0.717) is 0 Å². The van der Waals surface area contributed by atoms with Gasteiger partial charge in [-0.05, 0) is 6.92 Å². The molecule has 0 aliphatic heterocycles. The molecule has 0 aliphatic rings. The van der Waals surface area contributed by atoms with Crippen LogP contribution in [0.15, 0.2) is 24.3 Å². The molecule has 0 fully saturated rings. The summed E-state index contributed by atoms with van der Waals surface area (Å²) >= 11 is 0. The summed E-state index contributed by atoms with van der Waals surface area (Å²) in [6.07, 6.45) is 1.87. The summed E-state index contributed by atoms with van der Waals surface area (Å²) in [5.41, 5.74) is -0.602. The normalized spacial score (nSPS) is 7.50. The highest BCUT2D eigenvalue weighted by molar-refractivity contribution is 6.12. The molecular weight excluding hydrogens is 192 g/mol. The second-order valence-electron chi connectivity index (χ2n) is 1.86. The number of rotatable bonds is 3. The molecule has 0 aliphatic carbocycles. The number of carboxylic acid groups (broad SMARTS) is 3. The lowest BCUT2D eigenvalue weighted by atomic mass is 10.3. The number of hydrogen-bond acceptors (Lipinski definition) is 3. The van der Waals surface area contributed by atoms with Crippen LogP contribution in [-0.2, 0) is 14.4 Å². The van der Waals surface area contributed by atoms with Crippen LogP contribution < -0.4 is 0 Å². The summed E-state index contributed by atoms with van der Waals surface area (Å²) in [6.45, 7) is 4.32. The molecule has 6 nitrogen and oxygen atoms in total. The van der Waals surface area contributed by atoms with E-state index < -0.39 is 23.5 Å². The predicted octanol–water partition coefficient (Wildman–Crippen LogP) is 0.359. The van der Waals surface area contributed by atoms with E-state index in [-0.39, 0.29) is 0 Å². The standard InChI is InChI=1S/C5H6O4.C3H4O2/c1-2-3(4(6)7)5(8)9;1-2-3(4)5/h2H,1H3,(H,6,7)(H,8,9);2H,1H2,(H,4,5). The molecule has 3 N–H and O–H groups in total. The largest absolute Gasteiger partial charge is 0.478 e. The van der Waals surface area contributed by atoms with Crippen molar-refractivity contribution in [1.29, 1.82) is 0 Å². The summed E-state index contributed by atoms with van der Waals surface area (Å²) in [5, 5.41) is 23.8. The number of aliphatic carboxylic acids is 3. The third kappa shape index (κ3) is 7.99. The molecule has 0 rings (SSSR count). The first-order valence-electron chi connectivity index (χ1n) is 3.35. The van der Waals surface area contributed by atoms with Crippen LogP contribution in [0.1, 0.15) is 6.92 Å². The van der Waals surface area contributed by atoms with Gasteiger partial charge in [-0.3, -0.25) is 0 Å². The van der Waals surface area contributed by atoms with E-state index in [1.54, 1.807) is 0 Å². The molecule has 0 unspecified atom stereocenters. The first-order chi connectivity index (χ1) is 6.36. The fourth-order valence-electron chi connectivity index (χ4n) is 0.338. The van der Waals surface area contributed by atoms with Gasteiger partial charge in [0.1, 0.15) is 5.57 Å². The van der Waals surface area contributed by atoms with Gasteiger partial charge in [0.2, 0.25) is 0 Å². The fraction of sp³-hybridized carbons (Fsp3) is 0.125. The van der Waals surface area contributed by atoms with Crippen LogP contribution in [0.4, 0.5) is 0 Å². The van der Waals surface area contributed by atoms with Crippen LogP contribution in [0.2, 0.25) is 0 Å². The summed E-state index contributed by atoms with van der Waals surface area (Å²) in [6, 6.07) is 0. The molecule has 0 heterocycles. The van der Waals surface area contributed by atoms with E-state index in [9.17, 15) is 14.4 Å². The Labute approximate surface area is 79.8 Å². The molecule has 14 heavy (non-hydrogen) atoms. The highest BCUT2D eigenvalue weighted by Gasteiger charge is 2.12. The van der Waals surface area contributed by atoms with Gasteiger partial charge in [-0.1, -0.05) is 12.7 Å². The summed E-state index contributed by atoms with van der Waals surface area (Å²) < 4.78 is 0.